The molecule has 0 spiro atoms. The zero-order chi connectivity index (χ0) is 7.84. The third-order valence-electron chi connectivity index (χ3n) is 1.70. The highest BCUT2D eigenvalue weighted by atomic mass is 19.1. The minimum Gasteiger partial charge on any atom is -0.362 e. The van der Waals surface area contributed by atoms with Crippen LogP contribution in [0.15, 0.2) is 24.4 Å². The second-order valence-corrected chi connectivity index (χ2v) is 2.40. The minimum absolute atomic E-state index is 0.240. The van der Waals surface area contributed by atoms with Gasteiger partial charge in [0.2, 0.25) is 0 Å². The van der Waals surface area contributed by atoms with E-state index in [9.17, 15) is 4.39 Å². The van der Waals surface area contributed by atoms with E-state index in [0.29, 0.717) is 16.4 Å². The van der Waals surface area contributed by atoms with E-state index in [1.54, 1.807) is 18.3 Å². The molecule has 1 aromatic carbocycles. The number of benzene rings is 1. The smallest absolute Gasteiger partial charge is 0.132 e. The average molecular weight is 145 g/mol. The predicted octanol–water partition coefficient (Wildman–Crippen LogP) is 1.10. The van der Waals surface area contributed by atoms with Gasteiger partial charge < -0.3 is 4.98 Å². The van der Waals surface area contributed by atoms with Crippen molar-refractivity contribution >= 4 is 24.2 Å². The maximum atomic E-state index is 12.9. The summed E-state index contributed by atoms with van der Waals surface area (Å²) in [6.45, 7) is 0. The molecule has 1 N–H and O–H groups in total. The van der Waals surface area contributed by atoms with Crippen LogP contribution in [0.25, 0.3) is 10.9 Å². The molecule has 3 heteroatoms. The summed E-state index contributed by atoms with van der Waals surface area (Å²) in [5.74, 6) is -0.240. The lowest BCUT2D eigenvalue weighted by atomic mass is 9.94. The molecule has 0 saturated carbocycles. The van der Waals surface area contributed by atoms with E-state index in [2.05, 4.69) is 4.98 Å². The van der Waals surface area contributed by atoms with E-state index < -0.39 is 0 Å². The monoisotopic (exact) mass is 145 g/mol. The molecule has 0 aliphatic carbocycles. The molecular formula is C8H5BFN. The number of hydrogen-bond donors (Lipinski definition) is 1. The number of rotatable bonds is 0. The van der Waals surface area contributed by atoms with E-state index >= 15 is 0 Å². The first kappa shape index (κ1) is 6.46. The lowest BCUT2D eigenvalue weighted by Crippen LogP contribution is -2.03. The van der Waals surface area contributed by atoms with E-state index in [4.69, 9.17) is 7.85 Å². The van der Waals surface area contributed by atoms with Crippen molar-refractivity contribution in [2.45, 2.75) is 0 Å². The Morgan fingerprint density at radius 2 is 2.09 bits per heavy atom. The molecular weight excluding hydrogens is 140 g/mol. The van der Waals surface area contributed by atoms with Crippen molar-refractivity contribution in [3.63, 3.8) is 0 Å². The van der Waals surface area contributed by atoms with Crippen LogP contribution in [-0.2, 0) is 0 Å². The Kier molecular flexibility index (Phi) is 1.25. The fraction of sp³-hybridized carbons (Fsp3) is 0. The fourth-order valence-electron chi connectivity index (χ4n) is 1.14. The summed E-state index contributed by atoms with van der Waals surface area (Å²) in [7, 11) is 5.57. The molecule has 2 radical (unpaired) electrons. The van der Waals surface area contributed by atoms with Crippen molar-refractivity contribution in [2.24, 2.45) is 0 Å². The van der Waals surface area contributed by atoms with Crippen LogP contribution in [0.3, 0.4) is 0 Å². The van der Waals surface area contributed by atoms with Gasteiger partial charge in [0, 0.05) is 17.1 Å². The molecule has 1 aromatic heterocycles. The zero-order valence-electron chi connectivity index (χ0n) is 5.76. The third-order valence-corrected chi connectivity index (χ3v) is 1.70. The first-order valence-corrected chi connectivity index (χ1v) is 3.30. The lowest BCUT2D eigenvalue weighted by Gasteiger charge is -1.95. The van der Waals surface area contributed by atoms with Crippen LogP contribution in [0.4, 0.5) is 4.39 Å². The normalized spacial score (nSPS) is 10.6. The second kappa shape index (κ2) is 2.12. The Labute approximate surface area is 64.6 Å². The molecule has 11 heavy (non-hydrogen) atoms. The number of halogens is 1. The summed E-state index contributed by atoms with van der Waals surface area (Å²) in [6, 6.07) is 4.58. The first-order valence-electron chi connectivity index (χ1n) is 3.30. The van der Waals surface area contributed by atoms with Gasteiger partial charge in [0.05, 0.1) is 0 Å². The Morgan fingerprint density at radius 1 is 1.27 bits per heavy atom. The maximum Gasteiger partial charge on any atom is 0.132 e. The molecule has 0 bridgehead atoms. The van der Waals surface area contributed by atoms with E-state index in [1.807, 2.05) is 0 Å². The van der Waals surface area contributed by atoms with Crippen molar-refractivity contribution in [2.75, 3.05) is 0 Å². The molecule has 0 aliphatic heterocycles. The van der Waals surface area contributed by atoms with Gasteiger partial charge in [-0.3, -0.25) is 0 Å². The summed E-state index contributed by atoms with van der Waals surface area (Å²) in [5.41, 5.74) is 1.25. The van der Waals surface area contributed by atoms with Crippen molar-refractivity contribution in [1.82, 2.24) is 4.98 Å². The molecule has 52 valence electrons. The summed E-state index contributed by atoms with van der Waals surface area (Å²) in [5, 5.41) is 0.546. The van der Waals surface area contributed by atoms with Crippen molar-refractivity contribution in [3.8, 4) is 0 Å². The highest BCUT2D eigenvalue weighted by Crippen LogP contribution is 2.12. The van der Waals surface area contributed by atoms with Gasteiger partial charge in [-0.1, -0.05) is 11.5 Å². The Hall–Kier alpha value is -1.25. The first-order chi connectivity index (χ1) is 5.29. The number of H-pyrrole nitrogens is 1. The van der Waals surface area contributed by atoms with Crippen molar-refractivity contribution < 1.29 is 4.39 Å². The minimum atomic E-state index is -0.240. The van der Waals surface area contributed by atoms with Crippen LogP contribution in [-0.4, -0.2) is 12.8 Å². The van der Waals surface area contributed by atoms with Gasteiger partial charge in [0.15, 0.2) is 0 Å². The topological polar surface area (TPSA) is 15.8 Å². The number of aromatic nitrogens is 1. The number of hydrogen-bond acceptors (Lipinski definition) is 0. The Bertz CT molecular complexity index is 358. The van der Waals surface area contributed by atoms with Gasteiger partial charge in [0.25, 0.3) is 0 Å². The third kappa shape index (κ3) is 0.844. The molecule has 0 aliphatic rings. The van der Waals surface area contributed by atoms with Crippen molar-refractivity contribution in [3.05, 3.63) is 30.2 Å². The molecule has 2 rings (SSSR count). The Morgan fingerprint density at radius 3 is 2.82 bits per heavy atom. The number of nitrogens with one attached hydrogen (secondary N) is 1. The highest BCUT2D eigenvalue weighted by Gasteiger charge is 2.01. The lowest BCUT2D eigenvalue weighted by molar-refractivity contribution is 0.640. The summed E-state index contributed by atoms with van der Waals surface area (Å²) >= 11 is 0. The van der Waals surface area contributed by atoms with Gasteiger partial charge in [-0.15, -0.1) is 0 Å². The van der Waals surface area contributed by atoms with Crippen LogP contribution in [0, 0.1) is 5.82 Å². The zero-order valence-corrected chi connectivity index (χ0v) is 5.76. The largest absolute Gasteiger partial charge is 0.362 e. The number of fused-ring (bicyclic) bond motifs is 1. The molecule has 1 nitrogen and oxygen atoms in total. The standard InChI is InChI=1S/C8H5BFN/c9-6-1-2-7(10)5-3-4-11-8(5)6/h1-4,11H. The van der Waals surface area contributed by atoms with Crippen LogP contribution in [0.2, 0.25) is 0 Å². The van der Waals surface area contributed by atoms with Gasteiger partial charge in [0.1, 0.15) is 13.7 Å². The van der Waals surface area contributed by atoms with E-state index in [1.165, 1.54) is 6.07 Å². The molecule has 0 unspecified atom stereocenters. The van der Waals surface area contributed by atoms with Gasteiger partial charge in [-0.05, 0) is 12.1 Å². The molecule has 1 heterocycles. The highest BCUT2D eigenvalue weighted by molar-refractivity contribution is 6.38. The van der Waals surface area contributed by atoms with E-state index in [0.717, 1.165) is 0 Å². The van der Waals surface area contributed by atoms with Gasteiger partial charge in [-0.2, -0.15) is 0 Å². The van der Waals surface area contributed by atoms with Crippen LogP contribution < -0.4 is 5.46 Å². The summed E-state index contributed by atoms with van der Waals surface area (Å²) < 4.78 is 12.9. The second-order valence-electron chi connectivity index (χ2n) is 2.40. The van der Waals surface area contributed by atoms with Crippen LogP contribution >= 0.6 is 0 Å². The van der Waals surface area contributed by atoms with Crippen LogP contribution in [0.1, 0.15) is 0 Å². The SMILES string of the molecule is [B]c1ccc(F)c2cc[nH]c12. The molecule has 0 fully saturated rings. The molecule has 0 amide bonds. The summed E-state index contributed by atoms with van der Waals surface area (Å²) in [6.07, 6.45) is 1.67. The Balaban J connectivity index is 2.96. The number of aromatic amines is 1. The average Bonchev–Trinajstić information content (AvgIpc) is 2.45. The van der Waals surface area contributed by atoms with Crippen molar-refractivity contribution in [1.29, 1.82) is 0 Å². The molecule has 2 aromatic rings. The molecule has 0 saturated heterocycles. The quantitative estimate of drug-likeness (QED) is 0.534. The van der Waals surface area contributed by atoms with Gasteiger partial charge in [-0.25, -0.2) is 4.39 Å². The predicted molar refractivity (Wildman–Crippen MR) is 43.6 cm³/mol. The van der Waals surface area contributed by atoms with Crippen LogP contribution in [0.5, 0.6) is 0 Å². The fourth-order valence-corrected chi connectivity index (χ4v) is 1.14. The maximum absolute atomic E-state index is 12.9. The summed E-state index contributed by atoms with van der Waals surface area (Å²) in [4.78, 5) is 2.86. The molecule has 0 atom stereocenters. The van der Waals surface area contributed by atoms with Gasteiger partial charge >= 0.3 is 0 Å². The van der Waals surface area contributed by atoms with E-state index in [-0.39, 0.29) is 5.82 Å².